The molecule has 0 aliphatic heterocycles. The molecule has 114 valence electrons. The van der Waals surface area contributed by atoms with Crippen LogP contribution in [-0.4, -0.2) is 44.2 Å². The Bertz CT molecular complexity index is 394. The van der Waals surface area contributed by atoms with E-state index in [-0.39, 0.29) is 0 Å². The summed E-state index contributed by atoms with van der Waals surface area (Å²) < 4.78 is 5.44. The predicted molar refractivity (Wildman–Crippen MR) is 86.5 cm³/mol. The van der Waals surface area contributed by atoms with Gasteiger partial charge >= 0.3 is 0 Å². The molecule has 0 aliphatic rings. The predicted octanol–water partition coefficient (Wildman–Crippen LogP) is 2.94. The van der Waals surface area contributed by atoms with Crippen molar-refractivity contribution in [1.29, 1.82) is 0 Å². The summed E-state index contributed by atoms with van der Waals surface area (Å²) in [4.78, 5) is 2.46. The molecule has 0 amide bonds. The molecule has 0 radical (unpaired) electrons. The summed E-state index contributed by atoms with van der Waals surface area (Å²) in [6.07, 6.45) is 2.17. The molecular weight excluding hydrogens is 248 g/mol. The second-order valence-electron chi connectivity index (χ2n) is 5.80. The minimum atomic E-state index is 0.491. The minimum Gasteiger partial charge on any atom is -0.496 e. The second-order valence-corrected chi connectivity index (χ2v) is 5.80. The normalized spacial score (nSPS) is 15.9. The van der Waals surface area contributed by atoms with E-state index in [4.69, 9.17) is 4.74 Å². The number of hydrogen-bond donors (Lipinski definition) is 1. The van der Waals surface area contributed by atoms with Crippen LogP contribution < -0.4 is 10.1 Å². The van der Waals surface area contributed by atoms with E-state index in [1.165, 1.54) is 5.56 Å². The number of ether oxygens (including phenoxy) is 1. The fourth-order valence-corrected chi connectivity index (χ4v) is 2.56. The molecule has 0 bridgehead atoms. The standard InChI is InChI=1S/C17H30N2O/c1-13(18-4)11-14(2)19(5)15(3)12-16-9-7-8-10-17(16)20-6/h7-10,13-15,18H,11-12H2,1-6H3. The van der Waals surface area contributed by atoms with E-state index in [0.717, 1.165) is 18.6 Å². The van der Waals surface area contributed by atoms with Gasteiger partial charge in [-0.15, -0.1) is 0 Å². The molecule has 0 fully saturated rings. The van der Waals surface area contributed by atoms with Crippen molar-refractivity contribution in [2.24, 2.45) is 0 Å². The molecule has 0 aliphatic carbocycles. The van der Waals surface area contributed by atoms with Crippen molar-refractivity contribution in [2.75, 3.05) is 21.2 Å². The van der Waals surface area contributed by atoms with Crippen LogP contribution in [0.2, 0.25) is 0 Å². The van der Waals surface area contributed by atoms with Gasteiger partial charge < -0.3 is 15.0 Å². The molecule has 20 heavy (non-hydrogen) atoms. The van der Waals surface area contributed by atoms with Gasteiger partial charge in [-0.3, -0.25) is 0 Å². The monoisotopic (exact) mass is 278 g/mol. The molecule has 3 heteroatoms. The molecule has 3 unspecified atom stereocenters. The average Bonchev–Trinajstić information content (AvgIpc) is 2.46. The lowest BCUT2D eigenvalue weighted by Gasteiger charge is -2.32. The van der Waals surface area contributed by atoms with Crippen LogP contribution in [0.25, 0.3) is 0 Å². The zero-order valence-corrected chi connectivity index (χ0v) is 13.8. The summed E-state index contributed by atoms with van der Waals surface area (Å²) in [7, 11) is 5.98. The highest BCUT2D eigenvalue weighted by atomic mass is 16.5. The summed E-state index contributed by atoms with van der Waals surface area (Å²) in [6.45, 7) is 6.81. The maximum absolute atomic E-state index is 5.44. The highest BCUT2D eigenvalue weighted by Gasteiger charge is 2.18. The lowest BCUT2D eigenvalue weighted by atomic mass is 10.0. The van der Waals surface area contributed by atoms with Crippen LogP contribution in [0.5, 0.6) is 5.75 Å². The summed E-state index contributed by atoms with van der Waals surface area (Å²) in [6, 6.07) is 9.89. The first-order valence-corrected chi connectivity index (χ1v) is 7.50. The third-order valence-electron chi connectivity index (χ3n) is 4.29. The van der Waals surface area contributed by atoms with E-state index < -0.39 is 0 Å². The van der Waals surface area contributed by atoms with Crippen LogP contribution in [0, 0.1) is 0 Å². The van der Waals surface area contributed by atoms with Gasteiger partial charge in [0.15, 0.2) is 0 Å². The lowest BCUT2D eigenvalue weighted by Crippen LogP contribution is -2.41. The van der Waals surface area contributed by atoms with Crippen LogP contribution in [0.3, 0.4) is 0 Å². The molecule has 0 spiro atoms. The lowest BCUT2D eigenvalue weighted by molar-refractivity contribution is 0.176. The van der Waals surface area contributed by atoms with Crippen molar-refractivity contribution in [1.82, 2.24) is 10.2 Å². The Balaban J connectivity index is 2.63. The Kier molecular flexibility index (Phi) is 7.03. The van der Waals surface area contributed by atoms with Crippen molar-refractivity contribution in [3.05, 3.63) is 29.8 Å². The molecule has 3 nitrogen and oxygen atoms in total. The smallest absolute Gasteiger partial charge is 0.122 e. The van der Waals surface area contributed by atoms with Gasteiger partial charge in [-0.05, 0) is 59.3 Å². The first kappa shape index (κ1) is 17.0. The Morgan fingerprint density at radius 2 is 1.80 bits per heavy atom. The molecular formula is C17H30N2O. The van der Waals surface area contributed by atoms with Crippen LogP contribution in [0.4, 0.5) is 0 Å². The van der Waals surface area contributed by atoms with E-state index in [0.29, 0.717) is 18.1 Å². The van der Waals surface area contributed by atoms with Crippen molar-refractivity contribution in [3.8, 4) is 5.75 Å². The third kappa shape index (κ3) is 4.80. The van der Waals surface area contributed by atoms with Crippen LogP contribution in [-0.2, 0) is 6.42 Å². The zero-order chi connectivity index (χ0) is 15.1. The summed E-state index contributed by atoms with van der Waals surface area (Å²) in [5, 5.41) is 3.31. The Hall–Kier alpha value is -1.06. The molecule has 1 N–H and O–H groups in total. The molecule has 0 saturated carbocycles. The van der Waals surface area contributed by atoms with Gasteiger partial charge in [-0.25, -0.2) is 0 Å². The molecule has 1 rings (SSSR count). The van der Waals surface area contributed by atoms with Gasteiger partial charge in [-0.1, -0.05) is 18.2 Å². The number of hydrogen-bond acceptors (Lipinski definition) is 3. The topological polar surface area (TPSA) is 24.5 Å². The highest BCUT2D eigenvalue weighted by Crippen LogP contribution is 2.21. The quantitative estimate of drug-likeness (QED) is 0.791. The summed E-state index contributed by atoms with van der Waals surface area (Å²) in [5.41, 5.74) is 1.28. The van der Waals surface area contributed by atoms with E-state index in [9.17, 15) is 0 Å². The second kappa shape index (κ2) is 8.28. The fraction of sp³-hybridized carbons (Fsp3) is 0.647. The third-order valence-corrected chi connectivity index (χ3v) is 4.29. The molecule has 1 aromatic carbocycles. The number of para-hydroxylation sites is 1. The minimum absolute atomic E-state index is 0.491. The van der Waals surface area contributed by atoms with Gasteiger partial charge in [0.2, 0.25) is 0 Å². The van der Waals surface area contributed by atoms with Crippen LogP contribution in [0.15, 0.2) is 24.3 Å². The zero-order valence-electron chi connectivity index (χ0n) is 13.8. The number of nitrogens with zero attached hydrogens (tertiary/aromatic N) is 1. The van der Waals surface area contributed by atoms with Crippen molar-refractivity contribution >= 4 is 0 Å². The first-order valence-electron chi connectivity index (χ1n) is 7.50. The van der Waals surface area contributed by atoms with Crippen molar-refractivity contribution in [3.63, 3.8) is 0 Å². The fourth-order valence-electron chi connectivity index (χ4n) is 2.56. The number of likely N-dealkylation sites (N-methyl/N-ethyl adjacent to an activating group) is 1. The summed E-state index contributed by atoms with van der Waals surface area (Å²) in [5.74, 6) is 0.990. The Morgan fingerprint density at radius 3 is 2.40 bits per heavy atom. The van der Waals surface area contributed by atoms with E-state index in [1.807, 2.05) is 19.2 Å². The average molecular weight is 278 g/mol. The molecule has 3 atom stereocenters. The molecule has 0 aromatic heterocycles. The van der Waals surface area contributed by atoms with Gasteiger partial charge in [0, 0.05) is 18.1 Å². The number of methoxy groups -OCH3 is 1. The highest BCUT2D eigenvalue weighted by molar-refractivity contribution is 5.33. The number of benzene rings is 1. The SMILES string of the molecule is CNC(C)CC(C)N(C)C(C)Cc1ccccc1OC. The van der Waals surface area contributed by atoms with Gasteiger partial charge in [0.1, 0.15) is 5.75 Å². The van der Waals surface area contributed by atoms with Crippen molar-refractivity contribution in [2.45, 2.75) is 51.7 Å². The van der Waals surface area contributed by atoms with Gasteiger partial charge in [0.05, 0.1) is 7.11 Å². The van der Waals surface area contributed by atoms with E-state index >= 15 is 0 Å². The molecule has 0 heterocycles. The van der Waals surface area contributed by atoms with E-state index in [1.54, 1.807) is 7.11 Å². The van der Waals surface area contributed by atoms with Gasteiger partial charge in [-0.2, -0.15) is 0 Å². The first-order chi connectivity index (χ1) is 9.49. The Labute approximate surface area is 124 Å². The number of nitrogens with one attached hydrogen (secondary N) is 1. The largest absolute Gasteiger partial charge is 0.496 e. The van der Waals surface area contributed by atoms with Crippen LogP contribution in [0.1, 0.15) is 32.8 Å². The summed E-state index contributed by atoms with van der Waals surface area (Å²) >= 11 is 0. The van der Waals surface area contributed by atoms with Crippen LogP contribution >= 0.6 is 0 Å². The molecule has 1 aromatic rings. The van der Waals surface area contributed by atoms with E-state index in [2.05, 4.69) is 50.2 Å². The Morgan fingerprint density at radius 1 is 1.15 bits per heavy atom. The maximum Gasteiger partial charge on any atom is 0.122 e. The molecule has 0 saturated heterocycles. The maximum atomic E-state index is 5.44. The number of rotatable bonds is 8. The van der Waals surface area contributed by atoms with Crippen molar-refractivity contribution < 1.29 is 4.74 Å². The van der Waals surface area contributed by atoms with Gasteiger partial charge in [0.25, 0.3) is 0 Å².